The van der Waals surface area contributed by atoms with Gasteiger partial charge in [0.15, 0.2) is 11.5 Å². The van der Waals surface area contributed by atoms with Crippen LogP contribution in [0.15, 0.2) is 54.6 Å². The molecule has 0 saturated heterocycles. The van der Waals surface area contributed by atoms with Crippen LogP contribution in [0.2, 0.25) is 0 Å². The number of benzene rings is 2. The molecule has 4 rings (SSSR count). The smallest absolute Gasteiger partial charge is 0.459 e. The first kappa shape index (κ1) is 33.4. The Kier molecular flexibility index (Phi) is 11.0. The average Bonchev–Trinajstić information content (AvgIpc) is 3.40. The quantitative estimate of drug-likeness (QED) is 0.0814. The zero-order chi connectivity index (χ0) is 31.9. The summed E-state index contributed by atoms with van der Waals surface area (Å²) < 4.78 is 38.8. The van der Waals surface area contributed by atoms with E-state index >= 15 is 0 Å². The van der Waals surface area contributed by atoms with Crippen LogP contribution < -0.4 is 15.3 Å². The van der Waals surface area contributed by atoms with Crippen molar-refractivity contribution < 1.29 is 33.0 Å². The van der Waals surface area contributed by atoms with Crippen LogP contribution in [0.25, 0.3) is 21.9 Å². The molecule has 0 spiro atoms. The van der Waals surface area contributed by atoms with Gasteiger partial charge in [-0.3, -0.25) is 13.9 Å². The lowest BCUT2D eigenvalue weighted by Gasteiger charge is -2.36. The Labute approximate surface area is 257 Å². The van der Waals surface area contributed by atoms with Crippen LogP contribution >= 0.6 is 7.75 Å². The topological polar surface area (TPSA) is 160 Å². The number of carbonyl (C=O) groups excluding carboxylic acids is 1. The Morgan fingerprint density at radius 3 is 2.48 bits per heavy atom. The molecule has 0 radical (unpaired) electrons. The van der Waals surface area contributed by atoms with Gasteiger partial charge in [-0.1, -0.05) is 63.6 Å². The second-order valence-electron chi connectivity index (χ2n) is 10.8. The highest BCUT2D eigenvalue weighted by Gasteiger charge is 2.42. The molecule has 0 aliphatic rings. The number of nitrogen functional groups attached to an aromatic ring is 1. The Morgan fingerprint density at radius 1 is 1.09 bits per heavy atom. The van der Waals surface area contributed by atoms with Gasteiger partial charge in [0.1, 0.15) is 36.3 Å². The fourth-order valence-corrected chi connectivity index (χ4v) is 6.19. The van der Waals surface area contributed by atoms with Crippen LogP contribution in [0.3, 0.4) is 0 Å². The highest BCUT2D eigenvalue weighted by molar-refractivity contribution is 7.52. The van der Waals surface area contributed by atoms with Gasteiger partial charge in [-0.05, 0) is 38.5 Å². The predicted molar refractivity (Wildman–Crippen MR) is 169 cm³/mol. The number of ether oxygens (including phenoxy) is 2. The van der Waals surface area contributed by atoms with E-state index in [9.17, 15) is 14.5 Å². The molecule has 0 aliphatic carbocycles. The number of fused-ring (bicyclic) bond motifs is 3. The lowest BCUT2D eigenvalue weighted by atomic mass is 9.99. The minimum Gasteiger partial charge on any atom is -0.465 e. The van der Waals surface area contributed by atoms with Gasteiger partial charge in [0, 0.05) is 17.9 Å². The number of anilines is 1. The molecule has 4 N–H and O–H groups in total. The van der Waals surface area contributed by atoms with Crippen LogP contribution in [-0.2, 0) is 35.7 Å². The second-order valence-corrected chi connectivity index (χ2v) is 12.5. The Bertz CT molecular complexity index is 1610. The molecule has 2 aromatic carbocycles. The highest BCUT2D eigenvalue weighted by atomic mass is 31.2. The molecule has 0 bridgehead atoms. The molecule has 238 valence electrons. The number of hydrogen-bond acceptors (Lipinski definition) is 10. The van der Waals surface area contributed by atoms with Gasteiger partial charge in [-0.15, -0.1) is 0 Å². The summed E-state index contributed by atoms with van der Waals surface area (Å²) >= 11 is 0. The molecule has 2 unspecified atom stereocenters. The summed E-state index contributed by atoms with van der Waals surface area (Å²) in [5.41, 5.74) is 6.05. The molecule has 4 aromatic rings. The SMILES string of the molecule is CCCCOC(=O)[C@H](C)NP(=O)(OCC(O)(C(C)C)n1c(COCC)nc2c(N)nc3ccccc3c21)Oc1ccccc1. The number of nitrogens with zero attached hydrogens (tertiary/aromatic N) is 3. The monoisotopic (exact) mass is 627 g/mol. The van der Waals surface area contributed by atoms with E-state index in [1.807, 2.05) is 38.1 Å². The summed E-state index contributed by atoms with van der Waals surface area (Å²) in [6.07, 6.45) is 1.55. The van der Waals surface area contributed by atoms with Crippen molar-refractivity contribution in [3.05, 3.63) is 60.4 Å². The molecule has 2 heterocycles. The Morgan fingerprint density at radius 2 is 1.80 bits per heavy atom. The van der Waals surface area contributed by atoms with E-state index in [4.69, 9.17) is 29.2 Å². The highest BCUT2D eigenvalue weighted by Crippen LogP contribution is 2.47. The summed E-state index contributed by atoms with van der Waals surface area (Å²) in [6, 6.07) is 14.8. The molecule has 2 aromatic heterocycles. The Balaban J connectivity index is 1.77. The third-order valence-corrected chi connectivity index (χ3v) is 8.82. The van der Waals surface area contributed by atoms with Gasteiger partial charge in [0.05, 0.1) is 17.6 Å². The van der Waals surface area contributed by atoms with Crippen molar-refractivity contribution in [2.45, 2.75) is 65.8 Å². The maximum Gasteiger partial charge on any atom is 0.459 e. The third-order valence-electron chi connectivity index (χ3n) is 7.20. The largest absolute Gasteiger partial charge is 0.465 e. The summed E-state index contributed by atoms with van der Waals surface area (Å²) in [6.45, 7) is 9.15. The predicted octanol–water partition coefficient (Wildman–Crippen LogP) is 5.53. The molecule has 0 saturated carbocycles. The van der Waals surface area contributed by atoms with E-state index in [0.29, 0.717) is 40.8 Å². The van der Waals surface area contributed by atoms with Crippen molar-refractivity contribution in [1.82, 2.24) is 19.6 Å². The zero-order valence-corrected chi connectivity index (χ0v) is 26.8. The number of hydrogen-bond donors (Lipinski definition) is 3. The van der Waals surface area contributed by atoms with Crippen LogP contribution in [0, 0.1) is 5.92 Å². The van der Waals surface area contributed by atoms with Crippen molar-refractivity contribution in [2.75, 3.05) is 25.6 Å². The minimum atomic E-state index is -4.30. The molecular weight excluding hydrogens is 585 g/mol. The van der Waals surface area contributed by atoms with E-state index in [0.717, 1.165) is 6.42 Å². The third kappa shape index (κ3) is 7.39. The van der Waals surface area contributed by atoms with Crippen molar-refractivity contribution in [3.63, 3.8) is 0 Å². The lowest BCUT2D eigenvalue weighted by molar-refractivity contribution is -0.145. The molecule has 44 heavy (non-hydrogen) atoms. The molecule has 3 atom stereocenters. The number of nitrogens with two attached hydrogens (primary N) is 1. The number of unbranched alkanes of at least 4 members (excludes halogenated alkanes) is 1. The number of imidazole rings is 1. The van der Waals surface area contributed by atoms with Gasteiger partial charge in [0.2, 0.25) is 0 Å². The standard InChI is InChI=1S/C31H42N5O7P/c1-6-8-18-41-30(37)22(5)35-44(39,43-23-14-10-9-11-15-23)42-20-31(38,21(3)4)36-26(19-40-7-2)34-27-28(36)24-16-12-13-17-25(24)33-29(27)32/h9-17,21-22,38H,6-8,18-20H2,1-5H3,(H2,32,33)(H,35,39)/t22-,31?,44?/m0/s1. The molecular formula is C31H42N5O7P. The Hall–Kier alpha value is -3.54. The normalized spacial score (nSPS) is 15.2. The fourth-order valence-electron chi connectivity index (χ4n) is 4.67. The van der Waals surface area contributed by atoms with Gasteiger partial charge in [-0.25, -0.2) is 14.5 Å². The molecule has 12 nitrogen and oxygen atoms in total. The number of aromatic nitrogens is 3. The number of para-hydroxylation sites is 2. The number of aliphatic hydroxyl groups is 1. The molecule has 0 fully saturated rings. The van der Waals surface area contributed by atoms with Crippen LogP contribution in [0.1, 0.15) is 53.3 Å². The van der Waals surface area contributed by atoms with Crippen molar-refractivity contribution in [2.24, 2.45) is 5.92 Å². The number of esters is 1. The summed E-state index contributed by atoms with van der Waals surface area (Å²) in [5, 5.41) is 15.9. The van der Waals surface area contributed by atoms with E-state index in [-0.39, 0.29) is 24.8 Å². The van der Waals surface area contributed by atoms with E-state index in [1.165, 1.54) is 6.92 Å². The van der Waals surface area contributed by atoms with E-state index < -0.39 is 38.0 Å². The van der Waals surface area contributed by atoms with Crippen molar-refractivity contribution >= 4 is 41.5 Å². The number of carbonyl (C=O) groups is 1. The van der Waals surface area contributed by atoms with Crippen molar-refractivity contribution in [1.29, 1.82) is 0 Å². The first-order valence-corrected chi connectivity index (χ1v) is 16.4. The average molecular weight is 628 g/mol. The van der Waals surface area contributed by atoms with Gasteiger partial charge in [0.25, 0.3) is 0 Å². The van der Waals surface area contributed by atoms with Crippen LogP contribution in [0.5, 0.6) is 5.75 Å². The number of nitrogens with one attached hydrogen (secondary N) is 1. The first-order chi connectivity index (χ1) is 21.0. The second kappa shape index (κ2) is 14.5. The lowest BCUT2D eigenvalue weighted by Crippen LogP contribution is -2.45. The maximum absolute atomic E-state index is 14.3. The summed E-state index contributed by atoms with van der Waals surface area (Å²) in [4.78, 5) is 21.9. The van der Waals surface area contributed by atoms with Crippen LogP contribution in [0.4, 0.5) is 5.82 Å². The minimum absolute atomic E-state index is 0.0606. The maximum atomic E-state index is 14.3. The number of pyridine rings is 1. The fraction of sp³-hybridized carbons (Fsp3) is 0.452. The first-order valence-electron chi connectivity index (χ1n) is 14.8. The molecule has 0 aliphatic heterocycles. The van der Waals surface area contributed by atoms with Gasteiger partial charge < -0.3 is 24.8 Å². The van der Waals surface area contributed by atoms with E-state index in [2.05, 4.69) is 10.1 Å². The molecule has 13 heteroatoms. The zero-order valence-electron chi connectivity index (χ0n) is 25.9. The number of rotatable bonds is 16. The van der Waals surface area contributed by atoms with Gasteiger partial charge >= 0.3 is 13.7 Å². The summed E-state index contributed by atoms with van der Waals surface area (Å²) in [5.74, 6) is -0.288. The van der Waals surface area contributed by atoms with E-state index in [1.54, 1.807) is 48.7 Å². The van der Waals surface area contributed by atoms with Crippen molar-refractivity contribution in [3.8, 4) is 5.75 Å². The van der Waals surface area contributed by atoms with Gasteiger partial charge in [-0.2, -0.15) is 5.09 Å². The molecule has 0 amide bonds. The van der Waals surface area contributed by atoms with Crippen LogP contribution in [-0.4, -0.2) is 51.5 Å². The summed E-state index contributed by atoms with van der Waals surface area (Å²) in [7, 11) is -4.30.